The second kappa shape index (κ2) is 9.41. The Hall–Kier alpha value is -3.03. The topological polar surface area (TPSA) is 62.3 Å². The Morgan fingerprint density at radius 1 is 1.06 bits per heavy atom. The van der Waals surface area contributed by atoms with Crippen LogP contribution in [0.2, 0.25) is 0 Å². The summed E-state index contributed by atoms with van der Waals surface area (Å²) in [7, 11) is 0. The maximum Gasteiger partial charge on any atom is 0.235 e. The Morgan fingerprint density at radius 3 is 2.48 bits per heavy atom. The Bertz CT molecular complexity index is 1150. The lowest BCUT2D eigenvalue weighted by molar-refractivity contribution is -0.121. The number of thiazole rings is 1. The van der Waals surface area contributed by atoms with Gasteiger partial charge in [-0.3, -0.25) is 14.5 Å². The lowest BCUT2D eigenvalue weighted by atomic mass is 10.1. The molecule has 0 bridgehead atoms. The van der Waals surface area contributed by atoms with Crippen molar-refractivity contribution in [2.45, 2.75) is 32.7 Å². The molecule has 0 aliphatic rings. The number of hydrogen-bond acceptors (Lipinski definition) is 5. The van der Waals surface area contributed by atoms with Crippen LogP contribution < -0.4 is 10.2 Å². The predicted molar refractivity (Wildman–Crippen MR) is 128 cm³/mol. The molecule has 0 spiro atoms. The molecule has 4 rings (SSSR count). The summed E-state index contributed by atoms with van der Waals surface area (Å²) in [4.78, 5) is 32.7. The monoisotopic (exact) mass is 449 g/mol. The van der Waals surface area contributed by atoms with Crippen molar-refractivity contribution in [1.29, 1.82) is 0 Å². The van der Waals surface area contributed by atoms with Crippen LogP contribution in [-0.2, 0) is 16.0 Å². The van der Waals surface area contributed by atoms with Crippen LogP contribution in [0, 0.1) is 0 Å². The van der Waals surface area contributed by atoms with Crippen LogP contribution in [0.3, 0.4) is 0 Å². The summed E-state index contributed by atoms with van der Waals surface area (Å²) in [5.74, 6) is -0.277. The lowest BCUT2D eigenvalue weighted by Crippen LogP contribution is -2.33. The molecule has 2 aromatic heterocycles. The Balaban J connectivity index is 1.71. The van der Waals surface area contributed by atoms with E-state index < -0.39 is 0 Å². The highest BCUT2D eigenvalue weighted by Gasteiger charge is 2.26. The van der Waals surface area contributed by atoms with Crippen LogP contribution in [0.5, 0.6) is 0 Å². The molecule has 0 aliphatic heterocycles. The molecule has 5 nitrogen and oxygen atoms in total. The largest absolute Gasteiger partial charge is 0.348 e. The summed E-state index contributed by atoms with van der Waals surface area (Å²) >= 11 is 3.01. The minimum absolute atomic E-state index is 0.115. The first-order valence-corrected chi connectivity index (χ1v) is 11.8. The number of aromatic nitrogens is 1. The van der Waals surface area contributed by atoms with E-state index in [0.717, 1.165) is 27.2 Å². The Morgan fingerprint density at radius 2 is 1.84 bits per heavy atom. The van der Waals surface area contributed by atoms with Crippen molar-refractivity contribution >= 4 is 55.5 Å². The number of amides is 2. The van der Waals surface area contributed by atoms with Crippen molar-refractivity contribution in [3.63, 3.8) is 0 Å². The van der Waals surface area contributed by atoms with Gasteiger partial charge in [0.2, 0.25) is 11.8 Å². The third-order valence-electron chi connectivity index (χ3n) is 4.97. The molecule has 2 aromatic carbocycles. The van der Waals surface area contributed by atoms with E-state index in [4.69, 9.17) is 4.98 Å². The lowest BCUT2D eigenvalue weighted by Gasteiger charge is -2.23. The maximum absolute atomic E-state index is 13.6. The van der Waals surface area contributed by atoms with Crippen molar-refractivity contribution in [2.24, 2.45) is 0 Å². The number of fused-ring (bicyclic) bond motifs is 1. The van der Waals surface area contributed by atoms with Gasteiger partial charge in [-0.2, -0.15) is 0 Å². The van der Waals surface area contributed by atoms with Crippen LogP contribution in [0.1, 0.15) is 36.8 Å². The normalized spacial score (nSPS) is 11.9. The van der Waals surface area contributed by atoms with Gasteiger partial charge in [-0.1, -0.05) is 48.6 Å². The van der Waals surface area contributed by atoms with Crippen molar-refractivity contribution in [3.05, 3.63) is 76.5 Å². The molecule has 0 unspecified atom stereocenters. The molecular formula is C24H23N3O2S2. The van der Waals surface area contributed by atoms with Crippen molar-refractivity contribution < 1.29 is 9.59 Å². The highest BCUT2D eigenvalue weighted by molar-refractivity contribution is 7.22. The molecule has 2 heterocycles. The summed E-state index contributed by atoms with van der Waals surface area (Å²) in [6, 6.07) is 19.3. The summed E-state index contributed by atoms with van der Waals surface area (Å²) in [5, 5.41) is 5.50. The number of aryl methyl sites for hydroxylation is 1. The van der Waals surface area contributed by atoms with Gasteiger partial charge >= 0.3 is 0 Å². The number of thiophene rings is 1. The fourth-order valence-corrected chi connectivity index (χ4v) is 5.20. The summed E-state index contributed by atoms with van der Waals surface area (Å²) in [6.45, 7) is 3.57. The summed E-state index contributed by atoms with van der Waals surface area (Å²) in [5.41, 5.74) is 2.84. The molecule has 0 radical (unpaired) electrons. The number of carbonyl (C=O) groups excluding carboxylic acids is 2. The highest BCUT2D eigenvalue weighted by atomic mass is 32.1. The highest BCUT2D eigenvalue weighted by Crippen LogP contribution is 2.35. The van der Waals surface area contributed by atoms with E-state index in [2.05, 4.69) is 12.2 Å². The number of para-hydroxylation sites is 1. The number of rotatable bonds is 7. The quantitative estimate of drug-likeness (QED) is 0.385. The van der Waals surface area contributed by atoms with E-state index in [1.165, 1.54) is 35.2 Å². The van der Waals surface area contributed by atoms with E-state index in [9.17, 15) is 9.59 Å². The molecule has 1 atom stereocenters. The van der Waals surface area contributed by atoms with E-state index in [1.807, 2.05) is 66.0 Å². The number of carbonyl (C=O) groups is 2. The van der Waals surface area contributed by atoms with Crippen molar-refractivity contribution in [2.75, 3.05) is 4.90 Å². The van der Waals surface area contributed by atoms with Gasteiger partial charge in [0, 0.05) is 11.8 Å². The Kier molecular flexibility index (Phi) is 6.44. The fraction of sp³-hybridized carbons (Fsp3) is 0.208. The van der Waals surface area contributed by atoms with Gasteiger partial charge in [0.1, 0.15) is 0 Å². The molecule has 4 aromatic rings. The standard InChI is InChI=1S/C24H23N3O2S2/c1-3-17-10-12-18(13-11-17)27(24-26-19-7-4-5-8-22(19)31-24)23(29)15-20(25-16(2)28)21-9-6-14-30-21/h4-14,20H,3,15H2,1-2H3,(H,25,28)/t20-/m1/s1. The van der Waals surface area contributed by atoms with E-state index in [0.29, 0.717) is 5.13 Å². The van der Waals surface area contributed by atoms with Gasteiger partial charge in [0.15, 0.2) is 5.13 Å². The first kappa shape index (κ1) is 21.2. The van der Waals surface area contributed by atoms with Crippen LogP contribution in [0.15, 0.2) is 66.0 Å². The second-order valence-electron chi connectivity index (χ2n) is 7.19. The molecule has 31 heavy (non-hydrogen) atoms. The molecular weight excluding hydrogens is 426 g/mol. The van der Waals surface area contributed by atoms with Gasteiger partial charge in [-0.25, -0.2) is 4.98 Å². The van der Waals surface area contributed by atoms with E-state index >= 15 is 0 Å². The molecule has 158 valence electrons. The first-order valence-electron chi connectivity index (χ1n) is 10.1. The maximum atomic E-state index is 13.6. The molecule has 2 amide bonds. The zero-order chi connectivity index (χ0) is 21.8. The number of benzene rings is 2. The van der Waals surface area contributed by atoms with Crippen LogP contribution in [0.25, 0.3) is 10.2 Å². The molecule has 0 aliphatic carbocycles. The third-order valence-corrected chi connectivity index (χ3v) is 6.98. The van der Waals surface area contributed by atoms with E-state index in [-0.39, 0.29) is 24.3 Å². The number of nitrogens with zero attached hydrogens (tertiary/aromatic N) is 2. The average molecular weight is 450 g/mol. The van der Waals surface area contributed by atoms with E-state index in [1.54, 1.807) is 4.90 Å². The van der Waals surface area contributed by atoms with Crippen LogP contribution >= 0.6 is 22.7 Å². The van der Waals surface area contributed by atoms with Crippen molar-refractivity contribution in [3.8, 4) is 0 Å². The molecule has 1 N–H and O–H groups in total. The summed E-state index contributed by atoms with van der Waals surface area (Å²) < 4.78 is 1.03. The van der Waals surface area contributed by atoms with Gasteiger partial charge < -0.3 is 5.32 Å². The van der Waals surface area contributed by atoms with Crippen LogP contribution in [0.4, 0.5) is 10.8 Å². The molecule has 0 fully saturated rings. The zero-order valence-corrected chi connectivity index (χ0v) is 19.0. The number of nitrogens with one attached hydrogen (secondary N) is 1. The number of anilines is 2. The van der Waals surface area contributed by atoms with Gasteiger partial charge in [-0.15, -0.1) is 11.3 Å². The smallest absolute Gasteiger partial charge is 0.235 e. The van der Waals surface area contributed by atoms with Gasteiger partial charge in [0.25, 0.3) is 0 Å². The van der Waals surface area contributed by atoms with Crippen LogP contribution in [-0.4, -0.2) is 16.8 Å². The summed E-state index contributed by atoms with van der Waals surface area (Å²) in [6.07, 6.45) is 1.07. The fourth-order valence-electron chi connectivity index (χ4n) is 3.42. The zero-order valence-electron chi connectivity index (χ0n) is 17.4. The van der Waals surface area contributed by atoms with Gasteiger partial charge in [-0.05, 0) is 47.7 Å². The second-order valence-corrected chi connectivity index (χ2v) is 9.17. The number of hydrogen-bond donors (Lipinski definition) is 1. The molecule has 0 saturated heterocycles. The third kappa shape index (κ3) is 4.84. The SMILES string of the molecule is CCc1ccc(N(C(=O)C[C@@H](NC(C)=O)c2cccs2)c2nc3ccccc3s2)cc1. The minimum Gasteiger partial charge on any atom is -0.348 e. The first-order chi connectivity index (χ1) is 15.0. The average Bonchev–Trinajstić information content (AvgIpc) is 3.43. The van der Waals surface area contributed by atoms with Gasteiger partial charge in [0.05, 0.1) is 28.4 Å². The molecule has 0 saturated carbocycles. The molecule has 7 heteroatoms. The Labute approximate surface area is 189 Å². The minimum atomic E-state index is -0.378. The van der Waals surface area contributed by atoms with Crippen molar-refractivity contribution in [1.82, 2.24) is 10.3 Å². The predicted octanol–water partition coefficient (Wildman–Crippen LogP) is 5.85.